The predicted molar refractivity (Wildman–Crippen MR) is 123 cm³/mol. The highest BCUT2D eigenvalue weighted by molar-refractivity contribution is 7.89. The van der Waals surface area contributed by atoms with Crippen molar-refractivity contribution in [2.75, 3.05) is 25.5 Å². The van der Waals surface area contributed by atoms with Crippen molar-refractivity contribution in [3.05, 3.63) is 48.0 Å². The Morgan fingerprint density at radius 3 is 2.39 bits per heavy atom. The molecule has 0 spiro atoms. The van der Waals surface area contributed by atoms with Gasteiger partial charge in [-0.2, -0.15) is 4.31 Å². The van der Waals surface area contributed by atoms with Crippen molar-refractivity contribution in [1.29, 1.82) is 0 Å². The van der Waals surface area contributed by atoms with Crippen molar-refractivity contribution < 1.29 is 26.4 Å². The van der Waals surface area contributed by atoms with E-state index in [1.165, 1.54) is 41.7 Å². The molecule has 0 aromatic heterocycles. The van der Waals surface area contributed by atoms with Crippen molar-refractivity contribution in [1.82, 2.24) is 9.03 Å². The molecule has 11 heteroatoms. The Hall–Kier alpha value is -2.47. The van der Waals surface area contributed by atoms with Crippen LogP contribution in [-0.2, 0) is 20.0 Å². The van der Waals surface area contributed by atoms with Crippen LogP contribution < -0.4 is 14.8 Å². The van der Waals surface area contributed by atoms with Crippen LogP contribution in [0.15, 0.2) is 52.3 Å². The largest absolute Gasteiger partial charge is 0.495 e. The van der Waals surface area contributed by atoms with Crippen molar-refractivity contribution >= 4 is 31.6 Å². The summed E-state index contributed by atoms with van der Waals surface area (Å²) in [6.45, 7) is 0.966. The summed E-state index contributed by atoms with van der Waals surface area (Å²) in [4.78, 5) is 12.8. The van der Waals surface area contributed by atoms with E-state index < -0.39 is 26.0 Å². The van der Waals surface area contributed by atoms with Crippen molar-refractivity contribution in [3.8, 4) is 5.75 Å². The average Bonchev–Trinajstić information content (AvgIpc) is 3.62. The Morgan fingerprint density at radius 2 is 1.73 bits per heavy atom. The molecule has 2 fully saturated rings. The van der Waals surface area contributed by atoms with Gasteiger partial charge in [-0.15, -0.1) is 0 Å². The van der Waals surface area contributed by atoms with Gasteiger partial charge in [0.1, 0.15) is 10.6 Å². The number of nitrogens with zero attached hydrogens (tertiary/aromatic N) is 1. The molecule has 0 unspecified atom stereocenters. The number of hydrogen-bond donors (Lipinski definition) is 2. The zero-order valence-electron chi connectivity index (χ0n) is 18.3. The molecule has 2 aromatic rings. The zero-order chi connectivity index (χ0) is 23.6. The predicted octanol–water partition coefficient (Wildman–Crippen LogP) is 2.56. The fourth-order valence-corrected chi connectivity index (χ4v) is 6.77. The number of piperidine rings is 1. The number of amides is 1. The third kappa shape index (κ3) is 5.37. The average molecular weight is 494 g/mol. The molecule has 2 aromatic carbocycles. The molecule has 1 saturated heterocycles. The van der Waals surface area contributed by atoms with E-state index in [4.69, 9.17) is 4.74 Å². The van der Waals surface area contributed by atoms with E-state index in [1.807, 2.05) is 0 Å². The standard InChI is InChI=1S/C22H27N3O6S2/c1-31-20-11-8-16(14-21(20)32(27,28)24-17-9-10-17)22(26)23-18-6-5-7-19(15-18)33(29,30)25-12-3-2-4-13-25/h5-8,11,14-15,17,24H,2-4,9-10,12-13H2,1H3,(H,23,26). The molecule has 1 heterocycles. The highest BCUT2D eigenvalue weighted by Crippen LogP contribution is 2.29. The van der Waals surface area contributed by atoms with Gasteiger partial charge in [0.25, 0.3) is 5.91 Å². The topological polar surface area (TPSA) is 122 Å². The molecule has 2 aliphatic rings. The quantitative estimate of drug-likeness (QED) is 0.583. The number of methoxy groups -OCH3 is 1. The van der Waals surface area contributed by atoms with Gasteiger partial charge in [0, 0.05) is 30.4 Å². The molecule has 1 aliphatic carbocycles. The summed E-state index contributed by atoms with van der Waals surface area (Å²) in [5.74, 6) is -0.428. The number of rotatable bonds is 8. The SMILES string of the molecule is COc1ccc(C(=O)Nc2cccc(S(=O)(=O)N3CCCCC3)c2)cc1S(=O)(=O)NC1CC1. The number of benzene rings is 2. The minimum Gasteiger partial charge on any atom is -0.495 e. The summed E-state index contributed by atoms with van der Waals surface area (Å²) in [6.07, 6.45) is 4.22. The van der Waals surface area contributed by atoms with E-state index in [9.17, 15) is 21.6 Å². The Bertz CT molecular complexity index is 1250. The van der Waals surface area contributed by atoms with Crippen LogP contribution in [0.1, 0.15) is 42.5 Å². The van der Waals surface area contributed by atoms with Gasteiger partial charge in [0.15, 0.2) is 0 Å². The van der Waals surface area contributed by atoms with Gasteiger partial charge in [-0.3, -0.25) is 4.79 Å². The lowest BCUT2D eigenvalue weighted by Crippen LogP contribution is -2.35. The Morgan fingerprint density at radius 1 is 1.00 bits per heavy atom. The maximum absolute atomic E-state index is 12.9. The van der Waals surface area contributed by atoms with E-state index in [2.05, 4.69) is 10.0 Å². The lowest BCUT2D eigenvalue weighted by Gasteiger charge is -2.26. The van der Waals surface area contributed by atoms with Crippen LogP contribution in [0.3, 0.4) is 0 Å². The fraction of sp³-hybridized carbons (Fsp3) is 0.409. The first kappa shape index (κ1) is 23.7. The smallest absolute Gasteiger partial charge is 0.255 e. The van der Waals surface area contributed by atoms with Gasteiger partial charge < -0.3 is 10.1 Å². The van der Waals surface area contributed by atoms with Gasteiger partial charge in [-0.1, -0.05) is 12.5 Å². The van der Waals surface area contributed by atoms with Gasteiger partial charge in [-0.25, -0.2) is 21.6 Å². The van der Waals surface area contributed by atoms with Crippen LogP contribution in [0.5, 0.6) is 5.75 Å². The minimum absolute atomic E-state index is 0.0956. The van der Waals surface area contributed by atoms with Crippen LogP contribution in [0.4, 0.5) is 5.69 Å². The number of nitrogens with one attached hydrogen (secondary N) is 2. The fourth-order valence-electron chi connectivity index (χ4n) is 3.70. The summed E-state index contributed by atoms with van der Waals surface area (Å²) in [5, 5.41) is 2.66. The maximum Gasteiger partial charge on any atom is 0.255 e. The van der Waals surface area contributed by atoms with E-state index in [0.29, 0.717) is 18.8 Å². The molecule has 0 bridgehead atoms. The Balaban J connectivity index is 1.56. The maximum atomic E-state index is 12.9. The van der Waals surface area contributed by atoms with E-state index in [-0.39, 0.29) is 27.1 Å². The van der Waals surface area contributed by atoms with E-state index in [0.717, 1.165) is 32.1 Å². The summed E-state index contributed by atoms with van der Waals surface area (Å²) in [5.41, 5.74) is 0.408. The first-order valence-corrected chi connectivity index (χ1v) is 13.7. The summed E-state index contributed by atoms with van der Waals surface area (Å²) < 4.78 is 60.5. The summed E-state index contributed by atoms with van der Waals surface area (Å²) in [7, 11) is -6.13. The molecule has 4 rings (SSSR count). The number of ether oxygens (including phenoxy) is 1. The van der Waals surface area contributed by atoms with Gasteiger partial charge in [0.05, 0.1) is 12.0 Å². The monoisotopic (exact) mass is 493 g/mol. The lowest BCUT2D eigenvalue weighted by molar-refractivity contribution is 0.102. The molecule has 1 saturated carbocycles. The lowest BCUT2D eigenvalue weighted by atomic mass is 10.2. The normalized spacial score (nSPS) is 17.5. The van der Waals surface area contributed by atoms with Crippen LogP contribution >= 0.6 is 0 Å². The van der Waals surface area contributed by atoms with Crippen molar-refractivity contribution in [3.63, 3.8) is 0 Å². The zero-order valence-corrected chi connectivity index (χ0v) is 19.9. The first-order valence-electron chi connectivity index (χ1n) is 10.8. The number of carbonyl (C=O) groups excluding carboxylic acids is 1. The van der Waals surface area contributed by atoms with Crippen LogP contribution in [0, 0.1) is 0 Å². The molecule has 178 valence electrons. The van der Waals surface area contributed by atoms with Gasteiger partial charge in [0.2, 0.25) is 20.0 Å². The Labute approximate surface area is 194 Å². The van der Waals surface area contributed by atoms with E-state index >= 15 is 0 Å². The summed E-state index contributed by atoms with van der Waals surface area (Å²) >= 11 is 0. The van der Waals surface area contributed by atoms with Crippen molar-refractivity contribution in [2.24, 2.45) is 0 Å². The van der Waals surface area contributed by atoms with Crippen molar-refractivity contribution in [2.45, 2.75) is 47.9 Å². The number of hydrogen-bond acceptors (Lipinski definition) is 6. The molecule has 33 heavy (non-hydrogen) atoms. The van der Waals surface area contributed by atoms with Gasteiger partial charge >= 0.3 is 0 Å². The summed E-state index contributed by atoms with van der Waals surface area (Å²) in [6, 6.07) is 10.1. The number of sulfonamides is 2. The van der Waals surface area contributed by atoms with Gasteiger partial charge in [-0.05, 0) is 62.1 Å². The first-order chi connectivity index (χ1) is 15.7. The minimum atomic E-state index is -3.85. The second kappa shape index (κ2) is 9.41. The molecule has 0 radical (unpaired) electrons. The highest BCUT2D eigenvalue weighted by atomic mass is 32.2. The molecule has 2 N–H and O–H groups in total. The molecule has 1 amide bonds. The Kier molecular flexibility index (Phi) is 6.76. The molecular weight excluding hydrogens is 466 g/mol. The van der Waals surface area contributed by atoms with Crippen LogP contribution in [-0.4, -0.2) is 53.3 Å². The second-order valence-corrected chi connectivity index (χ2v) is 11.8. The molecule has 9 nitrogen and oxygen atoms in total. The molecule has 0 atom stereocenters. The number of carbonyl (C=O) groups is 1. The molecular formula is C22H27N3O6S2. The van der Waals surface area contributed by atoms with Crippen LogP contribution in [0.2, 0.25) is 0 Å². The third-order valence-corrected chi connectivity index (χ3v) is 9.10. The molecule has 1 aliphatic heterocycles. The third-order valence-electron chi connectivity index (χ3n) is 5.66. The number of anilines is 1. The highest BCUT2D eigenvalue weighted by Gasteiger charge is 2.30. The van der Waals surface area contributed by atoms with E-state index in [1.54, 1.807) is 12.1 Å². The van der Waals surface area contributed by atoms with Crippen LogP contribution in [0.25, 0.3) is 0 Å². The second-order valence-electron chi connectivity index (χ2n) is 8.21.